The van der Waals surface area contributed by atoms with Crippen LogP contribution in [0.1, 0.15) is 47.0 Å². The molecule has 4 heteroatoms. The van der Waals surface area contributed by atoms with Gasteiger partial charge in [0.15, 0.2) is 5.78 Å². The Kier molecular flexibility index (Phi) is 7.42. The number of Topliss-reactive ketones (excluding diaryl/α,β-unsaturated/α-hetero) is 2. The van der Waals surface area contributed by atoms with Crippen molar-refractivity contribution in [2.75, 3.05) is 6.54 Å². The van der Waals surface area contributed by atoms with Gasteiger partial charge in [0.05, 0.1) is 6.54 Å². The molecule has 0 aromatic heterocycles. The Labute approximate surface area is 103 Å². The van der Waals surface area contributed by atoms with E-state index in [1.165, 1.54) is 0 Å². The first kappa shape index (κ1) is 15.8. The fourth-order valence-electron chi connectivity index (χ4n) is 1.28. The van der Waals surface area contributed by atoms with Crippen LogP contribution in [-0.4, -0.2) is 24.0 Å². The third-order valence-electron chi connectivity index (χ3n) is 2.37. The molecule has 1 amide bonds. The molecular formula is C13H23NO3. The van der Waals surface area contributed by atoms with E-state index >= 15 is 0 Å². The van der Waals surface area contributed by atoms with Crippen LogP contribution in [0.2, 0.25) is 0 Å². The molecule has 0 rings (SSSR count). The van der Waals surface area contributed by atoms with Gasteiger partial charge in [-0.25, -0.2) is 0 Å². The molecule has 17 heavy (non-hydrogen) atoms. The summed E-state index contributed by atoms with van der Waals surface area (Å²) in [5, 5.41) is 2.57. The maximum Gasteiger partial charge on any atom is 0.220 e. The first-order valence-corrected chi connectivity index (χ1v) is 6.14. The van der Waals surface area contributed by atoms with Crippen LogP contribution in [0, 0.1) is 11.8 Å². The van der Waals surface area contributed by atoms with Crippen LogP contribution in [0.3, 0.4) is 0 Å². The molecule has 1 N–H and O–H groups in total. The van der Waals surface area contributed by atoms with E-state index in [4.69, 9.17) is 0 Å². The Balaban J connectivity index is 3.74. The summed E-state index contributed by atoms with van der Waals surface area (Å²) < 4.78 is 0. The molecular weight excluding hydrogens is 218 g/mol. The lowest BCUT2D eigenvalue weighted by Gasteiger charge is -2.07. The Morgan fingerprint density at radius 2 is 1.59 bits per heavy atom. The number of carbonyl (C=O) groups excluding carboxylic acids is 3. The van der Waals surface area contributed by atoms with Gasteiger partial charge in [-0.05, 0) is 5.92 Å². The molecule has 0 saturated heterocycles. The highest BCUT2D eigenvalue weighted by molar-refractivity contribution is 5.89. The predicted octanol–water partition coefficient (Wildman–Crippen LogP) is 1.72. The van der Waals surface area contributed by atoms with E-state index in [1.54, 1.807) is 0 Å². The number of ketones is 2. The molecule has 0 saturated carbocycles. The van der Waals surface area contributed by atoms with Crippen LogP contribution in [-0.2, 0) is 14.4 Å². The van der Waals surface area contributed by atoms with Crippen molar-refractivity contribution in [3.8, 4) is 0 Å². The number of hydrogen-bond donors (Lipinski definition) is 1. The first-order chi connectivity index (χ1) is 7.82. The summed E-state index contributed by atoms with van der Waals surface area (Å²) in [6, 6.07) is 0. The zero-order valence-corrected chi connectivity index (χ0v) is 11.2. The number of amides is 1. The molecule has 0 unspecified atom stereocenters. The topological polar surface area (TPSA) is 63.2 Å². The third kappa shape index (κ3) is 8.60. The highest BCUT2D eigenvalue weighted by Crippen LogP contribution is 2.02. The monoisotopic (exact) mass is 241 g/mol. The average Bonchev–Trinajstić information content (AvgIpc) is 2.21. The average molecular weight is 241 g/mol. The highest BCUT2D eigenvalue weighted by Gasteiger charge is 2.11. The van der Waals surface area contributed by atoms with Crippen LogP contribution in [0.25, 0.3) is 0 Å². The molecule has 0 radical (unpaired) electrons. The molecule has 98 valence electrons. The molecule has 0 aromatic carbocycles. The van der Waals surface area contributed by atoms with Gasteiger partial charge in [-0.1, -0.05) is 27.7 Å². The quantitative estimate of drug-likeness (QED) is 0.703. The van der Waals surface area contributed by atoms with Crippen molar-refractivity contribution >= 4 is 17.5 Å². The summed E-state index contributed by atoms with van der Waals surface area (Å²) in [5.41, 5.74) is 0. The van der Waals surface area contributed by atoms with E-state index in [0.29, 0.717) is 6.42 Å². The van der Waals surface area contributed by atoms with Crippen molar-refractivity contribution in [1.82, 2.24) is 5.32 Å². The predicted molar refractivity (Wildman–Crippen MR) is 66.6 cm³/mol. The van der Waals surface area contributed by atoms with E-state index in [2.05, 4.69) is 5.32 Å². The van der Waals surface area contributed by atoms with Crippen molar-refractivity contribution in [2.45, 2.75) is 47.0 Å². The van der Waals surface area contributed by atoms with Gasteiger partial charge in [-0.15, -0.1) is 0 Å². The Morgan fingerprint density at radius 1 is 1.00 bits per heavy atom. The minimum Gasteiger partial charge on any atom is -0.349 e. The van der Waals surface area contributed by atoms with E-state index in [-0.39, 0.29) is 48.7 Å². The third-order valence-corrected chi connectivity index (χ3v) is 2.37. The minimum atomic E-state index is -0.108. The summed E-state index contributed by atoms with van der Waals surface area (Å²) in [5.74, 6) is 0.150. The van der Waals surface area contributed by atoms with Crippen molar-refractivity contribution < 1.29 is 14.4 Å². The van der Waals surface area contributed by atoms with Gasteiger partial charge in [0, 0.05) is 25.2 Å². The summed E-state index contributed by atoms with van der Waals surface area (Å²) in [6.45, 7) is 7.57. The van der Waals surface area contributed by atoms with Crippen molar-refractivity contribution in [1.29, 1.82) is 0 Å². The molecule has 0 aromatic rings. The Bertz CT molecular complexity index is 282. The standard InChI is InChI=1S/C13H23NO3/c1-9(2)7-13(17)14-8-11(15)5-6-12(16)10(3)4/h9-10H,5-8H2,1-4H3,(H,14,17). The second-order valence-electron chi connectivity index (χ2n) is 5.03. The van der Waals surface area contributed by atoms with E-state index in [1.807, 2.05) is 27.7 Å². The summed E-state index contributed by atoms with van der Waals surface area (Å²) in [7, 11) is 0. The molecule has 0 heterocycles. The second-order valence-corrected chi connectivity index (χ2v) is 5.03. The number of rotatable bonds is 8. The summed E-state index contributed by atoms with van der Waals surface area (Å²) in [6.07, 6.45) is 0.924. The van der Waals surface area contributed by atoms with E-state index in [0.717, 1.165) is 0 Å². The molecule has 0 bridgehead atoms. The van der Waals surface area contributed by atoms with Crippen LogP contribution < -0.4 is 5.32 Å². The van der Waals surface area contributed by atoms with E-state index in [9.17, 15) is 14.4 Å². The van der Waals surface area contributed by atoms with Crippen LogP contribution >= 0.6 is 0 Å². The summed E-state index contributed by atoms with van der Waals surface area (Å²) in [4.78, 5) is 34.0. The second kappa shape index (κ2) is 7.98. The van der Waals surface area contributed by atoms with Gasteiger partial charge in [-0.3, -0.25) is 14.4 Å². The van der Waals surface area contributed by atoms with Gasteiger partial charge in [0.25, 0.3) is 0 Å². The zero-order chi connectivity index (χ0) is 13.4. The molecule has 0 aliphatic rings. The van der Waals surface area contributed by atoms with E-state index < -0.39 is 0 Å². The normalized spacial score (nSPS) is 10.7. The van der Waals surface area contributed by atoms with Crippen molar-refractivity contribution in [3.05, 3.63) is 0 Å². The minimum absolute atomic E-state index is 0.0293. The lowest BCUT2D eigenvalue weighted by Crippen LogP contribution is -2.30. The molecule has 0 fully saturated rings. The van der Waals surface area contributed by atoms with Crippen molar-refractivity contribution in [2.24, 2.45) is 11.8 Å². The molecule has 0 atom stereocenters. The molecule has 4 nitrogen and oxygen atoms in total. The van der Waals surface area contributed by atoms with Crippen molar-refractivity contribution in [3.63, 3.8) is 0 Å². The Hall–Kier alpha value is -1.19. The van der Waals surface area contributed by atoms with Crippen LogP contribution in [0.4, 0.5) is 0 Å². The summed E-state index contributed by atoms with van der Waals surface area (Å²) >= 11 is 0. The largest absolute Gasteiger partial charge is 0.349 e. The lowest BCUT2D eigenvalue weighted by molar-refractivity contribution is -0.127. The van der Waals surface area contributed by atoms with Gasteiger partial charge in [0.2, 0.25) is 5.91 Å². The lowest BCUT2D eigenvalue weighted by atomic mass is 10.0. The molecule has 0 aliphatic carbocycles. The van der Waals surface area contributed by atoms with Crippen LogP contribution in [0.15, 0.2) is 0 Å². The maximum atomic E-state index is 11.4. The molecule has 0 spiro atoms. The Morgan fingerprint density at radius 3 is 2.06 bits per heavy atom. The van der Waals surface area contributed by atoms with Gasteiger partial charge in [-0.2, -0.15) is 0 Å². The fourth-order valence-corrected chi connectivity index (χ4v) is 1.28. The number of carbonyl (C=O) groups is 3. The molecule has 0 aliphatic heterocycles. The zero-order valence-electron chi connectivity index (χ0n) is 11.2. The smallest absolute Gasteiger partial charge is 0.220 e. The highest BCUT2D eigenvalue weighted by atomic mass is 16.2. The van der Waals surface area contributed by atoms with Gasteiger partial charge < -0.3 is 5.32 Å². The van der Waals surface area contributed by atoms with Gasteiger partial charge in [0.1, 0.15) is 5.78 Å². The van der Waals surface area contributed by atoms with Gasteiger partial charge >= 0.3 is 0 Å². The van der Waals surface area contributed by atoms with Crippen LogP contribution in [0.5, 0.6) is 0 Å². The SMILES string of the molecule is CC(C)CC(=O)NCC(=O)CCC(=O)C(C)C. The number of nitrogens with one attached hydrogen (secondary N) is 1. The fraction of sp³-hybridized carbons (Fsp3) is 0.769. The first-order valence-electron chi connectivity index (χ1n) is 6.14. The number of hydrogen-bond acceptors (Lipinski definition) is 3. The maximum absolute atomic E-state index is 11.4.